The molecule has 0 saturated heterocycles. The molecule has 0 aliphatic rings. The van der Waals surface area contributed by atoms with Crippen molar-refractivity contribution in [3.05, 3.63) is 0 Å². The molecule has 0 aromatic rings. The van der Waals surface area contributed by atoms with E-state index in [1.54, 1.807) is 0 Å². The molecule has 9 heteroatoms. The van der Waals surface area contributed by atoms with E-state index in [1.165, 1.54) is 0 Å². The number of hydrogen-bond donors (Lipinski definition) is 0. The van der Waals surface area contributed by atoms with Gasteiger partial charge in [0.1, 0.15) is 0 Å². The van der Waals surface area contributed by atoms with Crippen molar-refractivity contribution in [1.29, 1.82) is 0 Å². The minimum Gasteiger partial charge on any atom is -0.662 e. The maximum atomic E-state index is 8.64. The fourth-order valence-electron chi connectivity index (χ4n) is 0. The summed E-state index contributed by atoms with van der Waals surface area (Å²) in [5.41, 5.74) is 0. The van der Waals surface area contributed by atoms with Gasteiger partial charge in [-0.2, -0.15) is 9.59 Å². The molecular weight excluding hydrogens is 232 g/mol. The van der Waals surface area contributed by atoms with Crippen molar-refractivity contribution in [3.8, 4) is 0 Å². The molecule has 0 aliphatic carbocycles. The first-order valence-corrected chi connectivity index (χ1v) is 1.05. The Morgan fingerprint density at radius 3 is 0.938 bits per heavy atom. The van der Waals surface area contributed by atoms with Crippen LogP contribution < -0.4 is 5.26 Å². The van der Waals surface area contributed by atoms with Crippen LogP contribution in [0.5, 0.6) is 0 Å². The van der Waals surface area contributed by atoms with E-state index in [-0.39, 0.29) is 71.7 Å². The van der Waals surface area contributed by atoms with Crippen LogP contribution in [0.1, 0.15) is 37.1 Å². The molecule has 112 valence electrons. The van der Waals surface area contributed by atoms with Gasteiger partial charge in [0.05, 0.1) is 0 Å². The average Bonchev–Trinajstić information content (AvgIpc) is 1.69. The zero-order chi connectivity index (χ0) is 6.12. The van der Waals surface area contributed by atoms with Crippen LogP contribution in [0.4, 0.5) is 0 Å². The second kappa shape index (κ2) is 802. The van der Waals surface area contributed by atoms with Crippen molar-refractivity contribution < 1.29 is 46.4 Å². The van der Waals surface area contributed by atoms with E-state index in [0.717, 1.165) is 0 Å². The number of carbonyl (C=O) groups excluding carboxylic acids is 3. The Kier molecular flexibility index (Phi) is 10300. The number of hydrogen-bond acceptors (Lipinski definition) is 5. The van der Waals surface area contributed by atoms with Gasteiger partial charge in [-0.1, -0.05) is 37.1 Å². The van der Waals surface area contributed by atoms with Gasteiger partial charge in [0, 0.05) is 0 Å². The van der Waals surface area contributed by atoms with E-state index in [0.29, 0.717) is 0 Å². The molecule has 16 heavy (non-hydrogen) atoms. The summed E-state index contributed by atoms with van der Waals surface area (Å²) in [6.07, 6.45) is 0.250. The molecule has 0 rings (SSSR count). The maximum absolute atomic E-state index is 8.64. The summed E-state index contributed by atoms with van der Waals surface area (Å²) in [5, 5.41) is 8.43. The molecule has 0 bridgehead atoms. The summed E-state index contributed by atoms with van der Waals surface area (Å²) in [5.74, 6) is 0. The normalized spacial score (nSPS) is 1.81. The van der Waals surface area contributed by atoms with Crippen LogP contribution in [0.15, 0.2) is 0 Å². The van der Waals surface area contributed by atoms with Crippen LogP contribution in [-0.4, -0.2) is 34.5 Å². The zero-order valence-electron chi connectivity index (χ0n) is 5.12. The largest absolute Gasteiger partial charge is 0.662 e. The number of rotatable bonds is 1. The van der Waals surface area contributed by atoms with Crippen molar-refractivity contribution in [2.75, 3.05) is 0 Å². The van der Waals surface area contributed by atoms with Crippen LogP contribution in [0.2, 0.25) is 0 Å². The smallest absolute Gasteiger partial charge is 0.373 e. The van der Waals surface area contributed by atoms with Gasteiger partial charge in [0.15, 0.2) is 0 Å². The first-order chi connectivity index (χ1) is 3.33. The molecule has 0 radical (unpaired) electrons. The summed E-state index contributed by atoms with van der Waals surface area (Å²) in [4.78, 5) is 27.5. The summed E-state index contributed by atoms with van der Waals surface area (Å²) in [7, 11) is 0. The molecule has 0 heterocycles. The van der Waals surface area contributed by atoms with Gasteiger partial charge in [-0.3, -0.25) is 4.79 Å². The summed E-state index contributed by atoms with van der Waals surface area (Å²) >= 11 is 0. The molecule has 8 N–H and O–H groups in total. The van der Waals surface area contributed by atoms with Crippen LogP contribution >= 0.6 is 0 Å². The molecule has 0 atom stereocenters. The van der Waals surface area contributed by atoms with E-state index < -0.39 is 0 Å². The first kappa shape index (κ1) is 205. The average molecular weight is 261 g/mol. The maximum Gasteiger partial charge on any atom is 0.373 e. The lowest BCUT2D eigenvalue weighted by atomic mass is 11.7. The highest BCUT2D eigenvalue weighted by Gasteiger charge is 1.34. The minimum atomic E-state index is -0.181. The molecule has 0 aromatic carbocycles. The third-order valence-electron chi connectivity index (χ3n) is 0.0393. The van der Waals surface area contributed by atoms with Gasteiger partial charge >= 0.3 is 6.15 Å². The first-order valence-electron chi connectivity index (χ1n) is 1.05. The lowest BCUT2D eigenvalue weighted by molar-refractivity contribution is -0.652. The van der Waals surface area contributed by atoms with E-state index in [2.05, 4.69) is 4.89 Å². The van der Waals surface area contributed by atoms with Crippen LogP contribution in [0.25, 0.3) is 0 Å². The lowest BCUT2D eigenvalue weighted by Crippen LogP contribution is -2.00. The Morgan fingerprint density at radius 1 is 0.875 bits per heavy atom. The Hall–Kier alpha value is -1.35. The second-order valence-corrected chi connectivity index (χ2v) is 0.276. The van der Waals surface area contributed by atoms with Crippen molar-refractivity contribution >= 4 is 12.6 Å². The molecular formula is C7H29O9-. The van der Waals surface area contributed by atoms with Gasteiger partial charge < -0.3 is 32.0 Å². The quantitative estimate of drug-likeness (QED) is 0.220. The van der Waals surface area contributed by atoms with E-state index in [1.807, 2.05) is 0 Å². The highest BCUT2D eigenvalue weighted by atomic mass is 18.4. The van der Waals surface area contributed by atoms with Crippen LogP contribution in [0.3, 0.4) is 0 Å². The van der Waals surface area contributed by atoms with E-state index >= 15 is 0 Å². The van der Waals surface area contributed by atoms with E-state index in [4.69, 9.17) is 19.6 Å². The van der Waals surface area contributed by atoms with Crippen LogP contribution in [0, 0.1) is 0 Å². The van der Waals surface area contributed by atoms with Gasteiger partial charge in [-0.05, 0) is 0 Å². The van der Waals surface area contributed by atoms with Crippen molar-refractivity contribution in [2.45, 2.75) is 37.1 Å². The van der Waals surface area contributed by atoms with Gasteiger partial charge in [-0.25, -0.2) is 0 Å². The zero-order valence-corrected chi connectivity index (χ0v) is 5.12. The highest BCUT2D eigenvalue weighted by molar-refractivity contribution is 5.35. The summed E-state index contributed by atoms with van der Waals surface area (Å²) in [6.45, 7) is -0.181. The van der Waals surface area contributed by atoms with Crippen LogP contribution in [-0.2, 0) is 19.3 Å². The molecule has 0 spiro atoms. The summed E-state index contributed by atoms with van der Waals surface area (Å²) < 4.78 is 0. The fourth-order valence-corrected chi connectivity index (χ4v) is 0. The van der Waals surface area contributed by atoms with Crippen molar-refractivity contribution in [3.63, 3.8) is 0 Å². The molecule has 0 aromatic heterocycles. The standard InChI is InChI=1S/CH2O3.CO2.5CH4.4H2O/c2-1-4-3;2-1-3;;;;;;;;;/h1,3H;;5*1H4;4*1H2/p-1/i3+2;;;;;;;1+2;;;. The molecule has 9 nitrogen and oxygen atoms in total. The predicted molar refractivity (Wildman–Crippen MR) is 60.3 cm³/mol. The van der Waals surface area contributed by atoms with Gasteiger partial charge in [0.2, 0.25) is 0 Å². The summed E-state index contributed by atoms with van der Waals surface area (Å²) in [6, 6.07) is 0. The number of carbonyl (C=O) groups is 1. The van der Waals surface area contributed by atoms with Crippen molar-refractivity contribution in [1.82, 2.24) is 0 Å². The van der Waals surface area contributed by atoms with Gasteiger partial charge in [0.25, 0.3) is 6.47 Å². The predicted octanol–water partition coefficient (Wildman–Crippen LogP) is -2.27. The second-order valence-electron chi connectivity index (χ2n) is 0.276. The fraction of sp³-hybridized carbons (Fsp3) is 0.714. The van der Waals surface area contributed by atoms with E-state index in [9.17, 15) is 0 Å². The SMILES string of the molecule is C.C.C.C.C.O.O.O.O=C=O.O=CO[18O-].[18OH2]. The molecule has 0 amide bonds. The van der Waals surface area contributed by atoms with Gasteiger partial charge in [-0.15, -0.1) is 0 Å². The Labute approximate surface area is 97.2 Å². The lowest BCUT2D eigenvalue weighted by Gasteiger charge is -1.88. The van der Waals surface area contributed by atoms with Crippen molar-refractivity contribution in [2.24, 2.45) is 0 Å². The Bertz CT molecular complexity index is 70.3. The molecule has 0 unspecified atom stereocenters. The highest BCUT2D eigenvalue weighted by Crippen LogP contribution is 1.22. The third kappa shape index (κ3) is 14000. The third-order valence-corrected chi connectivity index (χ3v) is 0.0393. The molecule has 0 saturated carbocycles. The molecule has 0 fully saturated rings. The molecule has 0 aliphatic heterocycles. The topological polar surface area (TPSA) is 209 Å². The Morgan fingerprint density at radius 2 is 0.938 bits per heavy atom. The Balaban J connectivity index is -0.00000000224. The minimum absolute atomic E-state index is 0. The monoisotopic (exact) mass is 261 g/mol.